The van der Waals surface area contributed by atoms with Crippen LogP contribution in [0.3, 0.4) is 0 Å². The Morgan fingerprint density at radius 1 is 1.13 bits per heavy atom. The monoisotopic (exact) mass is 449 g/mol. The van der Waals surface area contributed by atoms with Gasteiger partial charge in [-0.15, -0.1) is 0 Å². The highest BCUT2D eigenvalue weighted by Gasteiger charge is 2.22. The Hall–Kier alpha value is -3.05. The minimum Gasteiger partial charge on any atom is -0.480 e. The maximum atomic E-state index is 12.1. The number of hydrogen-bond acceptors (Lipinski definition) is 6. The van der Waals surface area contributed by atoms with Gasteiger partial charge in [0.15, 0.2) is 0 Å². The van der Waals surface area contributed by atoms with E-state index >= 15 is 0 Å². The molecule has 0 radical (unpaired) electrons. The van der Waals surface area contributed by atoms with Crippen LogP contribution in [0.15, 0.2) is 30.5 Å². The number of nitrogens with one attached hydrogen (secondary N) is 4. The molecule has 3 amide bonds. The fourth-order valence-electron chi connectivity index (χ4n) is 2.88. The number of carboxylic acids is 1. The lowest BCUT2D eigenvalue weighted by Gasteiger charge is -2.15. The summed E-state index contributed by atoms with van der Waals surface area (Å²) in [4.78, 5) is 50.4. The van der Waals surface area contributed by atoms with E-state index in [1.807, 2.05) is 30.5 Å². The van der Waals surface area contributed by atoms with Gasteiger partial charge in [-0.2, -0.15) is 11.8 Å². The molecule has 31 heavy (non-hydrogen) atoms. The van der Waals surface area contributed by atoms with Gasteiger partial charge in [-0.3, -0.25) is 14.4 Å². The summed E-state index contributed by atoms with van der Waals surface area (Å²) in [7, 11) is 0. The molecule has 0 fully saturated rings. The zero-order valence-corrected chi connectivity index (χ0v) is 18.0. The number of benzene rings is 1. The van der Waals surface area contributed by atoms with E-state index in [1.54, 1.807) is 18.0 Å². The van der Waals surface area contributed by atoms with Crippen LogP contribution in [0.1, 0.15) is 12.0 Å². The van der Waals surface area contributed by atoms with E-state index in [4.69, 9.17) is 5.73 Å². The summed E-state index contributed by atoms with van der Waals surface area (Å²) in [5.41, 5.74) is 7.33. The molecule has 0 spiro atoms. The minimum absolute atomic E-state index is 0.0863. The van der Waals surface area contributed by atoms with Gasteiger partial charge in [-0.25, -0.2) is 4.79 Å². The quantitative estimate of drug-likeness (QED) is 0.256. The number of fused-ring (bicyclic) bond motifs is 1. The first-order valence-electron chi connectivity index (χ1n) is 9.68. The standard InChI is InChI=1S/C20H27N5O5S/c1-31-7-6-14(21)19(28)24-10-17(26)23-11-18(27)25-16(20(29)30)8-12-9-22-15-5-3-2-4-13(12)15/h2-5,9,14,16,22H,6-8,10-11,21H2,1H3,(H,23,26)(H,24,28)(H,25,27)(H,29,30). The van der Waals surface area contributed by atoms with Crippen molar-refractivity contribution in [2.24, 2.45) is 5.73 Å². The van der Waals surface area contributed by atoms with Crippen LogP contribution in [0.2, 0.25) is 0 Å². The maximum absolute atomic E-state index is 12.1. The number of aliphatic carboxylic acids is 1. The van der Waals surface area contributed by atoms with Gasteiger partial charge < -0.3 is 31.8 Å². The minimum atomic E-state index is -1.18. The molecule has 1 aromatic carbocycles. The molecule has 1 aromatic heterocycles. The molecule has 0 bridgehead atoms. The molecule has 0 saturated heterocycles. The normalized spacial score (nSPS) is 12.7. The number of aromatic nitrogens is 1. The Morgan fingerprint density at radius 2 is 1.84 bits per heavy atom. The Labute approximate surface area is 183 Å². The van der Waals surface area contributed by atoms with Gasteiger partial charge in [0.2, 0.25) is 17.7 Å². The largest absolute Gasteiger partial charge is 0.480 e. The number of para-hydroxylation sites is 1. The van der Waals surface area contributed by atoms with Crippen molar-refractivity contribution in [3.05, 3.63) is 36.0 Å². The maximum Gasteiger partial charge on any atom is 0.326 e. The zero-order chi connectivity index (χ0) is 22.8. The van der Waals surface area contributed by atoms with Crippen molar-refractivity contribution in [2.75, 3.05) is 25.1 Å². The van der Waals surface area contributed by atoms with E-state index in [1.165, 1.54) is 0 Å². The topological polar surface area (TPSA) is 166 Å². The number of carbonyl (C=O) groups excluding carboxylic acids is 3. The van der Waals surface area contributed by atoms with Crippen LogP contribution in [0, 0.1) is 0 Å². The lowest BCUT2D eigenvalue weighted by Crippen LogP contribution is -2.49. The van der Waals surface area contributed by atoms with E-state index in [0.29, 0.717) is 6.42 Å². The third-order valence-electron chi connectivity index (χ3n) is 4.57. The van der Waals surface area contributed by atoms with E-state index in [2.05, 4.69) is 20.9 Å². The molecule has 2 aromatic rings. The third kappa shape index (κ3) is 7.61. The second-order valence-corrected chi connectivity index (χ2v) is 7.89. The third-order valence-corrected chi connectivity index (χ3v) is 5.22. The van der Waals surface area contributed by atoms with Crippen molar-refractivity contribution < 1.29 is 24.3 Å². The highest BCUT2D eigenvalue weighted by Crippen LogP contribution is 2.19. The van der Waals surface area contributed by atoms with Gasteiger partial charge in [0.05, 0.1) is 19.1 Å². The van der Waals surface area contributed by atoms with E-state index in [-0.39, 0.29) is 13.0 Å². The summed E-state index contributed by atoms with van der Waals surface area (Å²) in [5.74, 6) is -2.13. The molecule has 0 aliphatic carbocycles. The van der Waals surface area contributed by atoms with Crippen molar-refractivity contribution in [1.82, 2.24) is 20.9 Å². The van der Waals surface area contributed by atoms with Crippen LogP contribution in [0.25, 0.3) is 10.9 Å². The highest BCUT2D eigenvalue weighted by molar-refractivity contribution is 7.98. The fraction of sp³-hybridized carbons (Fsp3) is 0.400. The molecule has 0 saturated carbocycles. The van der Waals surface area contributed by atoms with Crippen LogP contribution >= 0.6 is 11.8 Å². The number of aromatic amines is 1. The van der Waals surface area contributed by atoms with Gasteiger partial charge >= 0.3 is 5.97 Å². The zero-order valence-electron chi connectivity index (χ0n) is 17.1. The Bertz CT molecular complexity index is 932. The van der Waals surface area contributed by atoms with E-state index in [0.717, 1.165) is 22.2 Å². The van der Waals surface area contributed by atoms with Crippen LogP contribution in [0.4, 0.5) is 0 Å². The Balaban J connectivity index is 1.79. The average Bonchev–Trinajstić information content (AvgIpc) is 3.16. The van der Waals surface area contributed by atoms with Gasteiger partial charge in [0.1, 0.15) is 6.04 Å². The molecule has 7 N–H and O–H groups in total. The van der Waals surface area contributed by atoms with Gasteiger partial charge in [0, 0.05) is 23.5 Å². The molecule has 1 heterocycles. The number of amides is 3. The molecule has 2 unspecified atom stereocenters. The van der Waals surface area contributed by atoms with Crippen LogP contribution in [-0.4, -0.2) is 71.0 Å². The van der Waals surface area contributed by atoms with Gasteiger partial charge in [-0.05, 0) is 30.1 Å². The Kier molecular flexibility index (Phi) is 9.35. The number of thioether (sulfide) groups is 1. The van der Waals surface area contributed by atoms with Crippen molar-refractivity contribution in [3.63, 3.8) is 0 Å². The Morgan fingerprint density at radius 3 is 2.55 bits per heavy atom. The molecule has 2 atom stereocenters. The number of H-pyrrole nitrogens is 1. The van der Waals surface area contributed by atoms with E-state index < -0.39 is 42.3 Å². The fourth-order valence-corrected chi connectivity index (χ4v) is 3.37. The molecule has 0 aliphatic heterocycles. The second kappa shape index (κ2) is 12.0. The molecule has 10 nitrogen and oxygen atoms in total. The molecular formula is C20H27N5O5S. The van der Waals surface area contributed by atoms with Crippen molar-refractivity contribution in [1.29, 1.82) is 0 Å². The lowest BCUT2D eigenvalue weighted by atomic mass is 10.1. The summed E-state index contributed by atoms with van der Waals surface area (Å²) < 4.78 is 0. The van der Waals surface area contributed by atoms with Crippen LogP contribution in [0.5, 0.6) is 0 Å². The first-order chi connectivity index (χ1) is 14.8. The number of nitrogens with two attached hydrogens (primary N) is 1. The predicted octanol–water partition coefficient (Wildman–Crippen LogP) is -0.407. The van der Waals surface area contributed by atoms with Crippen molar-refractivity contribution in [3.8, 4) is 0 Å². The molecule has 2 rings (SSSR count). The summed E-state index contributed by atoms with van der Waals surface area (Å²) in [6.07, 6.45) is 4.19. The SMILES string of the molecule is CSCCC(N)C(=O)NCC(=O)NCC(=O)NC(Cc1c[nH]c2ccccc12)C(=O)O. The number of rotatable bonds is 12. The summed E-state index contributed by atoms with van der Waals surface area (Å²) in [6.45, 7) is -0.734. The number of carboxylic acid groups (broad SMARTS) is 1. The number of carbonyl (C=O) groups is 4. The van der Waals surface area contributed by atoms with E-state index in [9.17, 15) is 24.3 Å². The van der Waals surface area contributed by atoms with Crippen molar-refractivity contribution >= 4 is 46.4 Å². The second-order valence-electron chi connectivity index (χ2n) is 6.90. The molecular weight excluding hydrogens is 422 g/mol. The van der Waals surface area contributed by atoms with Crippen LogP contribution < -0.4 is 21.7 Å². The smallest absolute Gasteiger partial charge is 0.326 e. The molecule has 11 heteroatoms. The highest BCUT2D eigenvalue weighted by atomic mass is 32.2. The summed E-state index contributed by atoms with van der Waals surface area (Å²) in [5, 5.41) is 17.5. The summed E-state index contributed by atoms with van der Waals surface area (Å²) in [6, 6.07) is 5.59. The van der Waals surface area contributed by atoms with Crippen molar-refractivity contribution in [2.45, 2.75) is 24.9 Å². The molecule has 0 aliphatic rings. The van der Waals surface area contributed by atoms with Gasteiger partial charge in [-0.1, -0.05) is 18.2 Å². The predicted molar refractivity (Wildman–Crippen MR) is 119 cm³/mol. The first kappa shape index (κ1) is 24.2. The first-order valence-corrected chi connectivity index (χ1v) is 11.1. The summed E-state index contributed by atoms with van der Waals surface area (Å²) >= 11 is 1.56. The lowest BCUT2D eigenvalue weighted by molar-refractivity contribution is -0.141. The molecule has 168 valence electrons. The van der Waals surface area contributed by atoms with Crippen LogP contribution in [-0.2, 0) is 25.6 Å². The number of hydrogen-bond donors (Lipinski definition) is 6. The van der Waals surface area contributed by atoms with Gasteiger partial charge in [0.25, 0.3) is 0 Å². The average molecular weight is 450 g/mol.